The lowest BCUT2D eigenvalue weighted by molar-refractivity contribution is 0.0987. The van der Waals surface area contributed by atoms with E-state index in [-0.39, 0.29) is 5.91 Å². The molecular weight excluding hydrogens is 280 g/mol. The van der Waals surface area contributed by atoms with Gasteiger partial charge in [-0.25, -0.2) is 0 Å². The lowest BCUT2D eigenvalue weighted by Gasteiger charge is -2.30. The first-order valence-electron chi connectivity index (χ1n) is 6.98. The van der Waals surface area contributed by atoms with Crippen molar-refractivity contribution in [1.29, 1.82) is 0 Å². The summed E-state index contributed by atoms with van der Waals surface area (Å²) in [6.07, 6.45) is 0. The maximum Gasteiger partial charge on any atom is 0.258 e. The topological polar surface area (TPSA) is 46.3 Å². The molecule has 1 heterocycles. The molecule has 1 amide bonds. The maximum atomic E-state index is 12.9. The van der Waals surface area contributed by atoms with Gasteiger partial charge in [-0.15, -0.1) is 11.8 Å². The normalized spacial score (nSPS) is 13.9. The third-order valence-electron chi connectivity index (χ3n) is 3.93. The second-order valence-corrected chi connectivity index (χ2v) is 6.42. The van der Waals surface area contributed by atoms with Crippen LogP contribution in [-0.2, 0) is 0 Å². The van der Waals surface area contributed by atoms with Gasteiger partial charge >= 0.3 is 0 Å². The van der Waals surface area contributed by atoms with Gasteiger partial charge in [0.25, 0.3) is 5.91 Å². The molecular formula is C17H18N2OS. The number of aryl methyl sites for hydroxylation is 1. The zero-order chi connectivity index (χ0) is 15.0. The molecule has 0 saturated heterocycles. The van der Waals surface area contributed by atoms with Crippen molar-refractivity contribution in [3.8, 4) is 0 Å². The molecule has 0 atom stereocenters. The first kappa shape index (κ1) is 14.0. The number of nitrogens with zero attached hydrogens (tertiary/aromatic N) is 1. The highest BCUT2D eigenvalue weighted by molar-refractivity contribution is 7.99. The van der Waals surface area contributed by atoms with E-state index in [1.807, 2.05) is 55.1 Å². The number of thioether (sulfide) groups is 1. The van der Waals surface area contributed by atoms with Gasteiger partial charge in [0.1, 0.15) is 0 Å². The molecule has 0 aromatic heterocycles. The lowest BCUT2D eigenvalue weighted by atomic mass is 10.0. The van der Waals surface area contributed by atoms with Gasteiger partial charge in [0.2, 0.25) is 0 Å². The largest absolute Gasteiger partial charge is 0.399 e. The highest BCUT2D eigenvalue weighted by atomic mass is 32.2. The fraction of sp³-hybridized carbons (Fsp3) is 0.235. The zero-order valence-electron chi connectivity index (χ0n) is 12.2. The third-order valence-corrected chi connectivity index (χ3v) is 4.97. The zero-order valence-corrected chi connectivity index (χ0v) is 13.0. The second kappa shape index (κ2) is 5.45. The van der Waals surface area contributed by atoms with Gasteiger partial charge in [0, 0.05) is 28.4 Å². The van der Waals surface area contributed by atoms with Gasteiger partial charge in [0.15, 0.2) is 0 Å². The summed E-state index contributed by atoms with van der Waals surface area (Å²) in [5.74, 6) is 0.969. The Kier molecular flexibility index (Phi) is 3.64. The summed E-state index contributed by atoms with van der Waals surface area (Å²) >= 11 is 1.77. The number of rotatable bonds is 1. The Morgan fingerprint density at radius 2 is 2.05 bits per heavy atom. The van der Waals surface area contributed by atoms with E-state index in [2.05, 4.69) is 0 Å². The van der Waals surface area contributed by atoms with E-state index in [0.29, 0.717) is 12.2 Å². The number of carbonyl (C=O) groups excluding carboxylic acids is 1. The molecule has 0 spiro atoms. The van der Waals surface area contributed by atoms with Crippen molar-refractivity contribution in [2.24, 2.45) is 0 Å². The molecule has 21 heavy (non-hydrogen) atoms. The minimum absolute atomic E-state index is 0.0587. The summed E-state index contributed by atoms with van der Waals surface area (Å²) in [4.78, 5) is 15.9. The van der Waals surface area contributed by atoms with Crippen LogP contribution in [0.1, 0.15) is 21.5 Å². The van der Waals surface area contributed by atoms with E-state index in [9.17, 15) is 4.79 Å². The van der Waals surface area contributed by atoms with E-state index in [1.54, 1.807) is 11.8 Å². The third kappa shape index (κ3) is 2.51. The average Bonchev–Trinajstić information content (AvgIpc) is 2.48. The number of amides is 1. The Labute approximate surface area is 129 Å². The van der Waals surface area contributed by atoms with Gasteiger partial charge < -0.3 is 10.6 Å². The minimum atomic E-state index is 0.0587. The van der Waals surface area contributed by atoms with Crippen LogP contribution in [0.25, 0.3) is 0 Å². The lowest BCUT2D eigenvalue weighted by Crippen LogP contribution is -2.36. The van der Waals surface area contributed by atoms with E-state index in [4.69, 9.17) is 5.73 Å². The first-order chi connectivity index (χ1) is 10.1. The minimum Gasteiger partial charge on any atom is -0.399 e. The number of carbonyl (C=O) groups is 1. The van der Waals surface area contributed by atoms with Crippen LogP contribution < -0.4 is 10.6 Å². The van der Waals surface area contributed by atoms with Gasteiger partial charge in [-0.2, -0.15) is 0 Å². The van der Waals surface area contributed by atoms with Crippen molar-refractivity contribution in [1.82, 2.24) is 0 Å². The smallest absolute Gasteiger partial charge is 0.258 e. The van der Waals surface area contributed by atoms with Crippen LogP contribution in [0.2, 0.25) is 0 Å². The Morgan fingerprint density at radius 3 is 2.86 bits per heavy atom. The number of hydrogen-bond acceptors (Lipinski definition) is 3. The van der Waals surface area contributed by atoms with Crippen LogP contribution in [0.4, 0.5) is 11.4 Å². The van der Waals surface area contributed by atoms with E-state index in [1.165, 1.54) is 0 Å². The molecule has 4 heteroatoms. The molecule has 1 aliphatic heterocycles. The van der Waals surface area contributed by atoms with Gasteiger partial charge in [-0.3, -0.25) is 4.79 Å². The van der Waals surface area contributed by atoms with Crippen LogP contribution in [0, 0.1) is 13.8 Å². The average molecular weight is 298 g/mol. The van der Waals surface area contributed by atoms with Crippen LogP contribution in [0.5, 0.6) is 0 Å². The molecule has 0 unspecified atom stereocenters. The van der Waals surface area contributed by atoms with Crippen molar-refractivity contribution < 1.29 is 4.79 Å². The van der Waals surface area contributed by atoms with Gasteiger partial charge in [-0.1, -0.05) is 12.1 Å². The fourth-order valence-corrected chi connectivity index (χ4v) is 3.55. The number of hydrogen-bond donors (Lipinski definition) is 1. The van der Waals surface area contributed by atoms with E-state index >= 15 is 0 Å². The molecule has 3 nitrogen and oxygen atoms in total. The molecule has 0 aliphatic carbocycles. The summed E-state index contributed by atoms with van der Waals surface area (Å²) in [6, 6.07) is 11.6. The molecule has 2 N–H and O–H groups in total. The van der Waals surface area contributed by atoms with Gasteiger partial charge in [-0.05, 0) is 49.2 Å². The van der Waals surface area contributed by atoms with Crippen molar-refractivity contribution in [3.63, 3.8) is 0 Å². The molecule has 2 aromatic rings. The van der Waals surface area contributed by atoms with Crippen molar-refractivity contribution >= 4 is 29.0 Å². The quantitative estimate of drug-likeness (QED) is 0.818. The molecule has 0 radical (unpaired) electrons. The van der Waals surface area contributed by atoms with Crippen molar-refractivity contribution in [2.75, 3.05) is 22.9 Å². The van der Waals surface area contributed by atoms with E-state index < -0.39 is 0 Å². The molecule has 0 saturated carbocycles. The predicted molar refractivity (Wildman–Crippen MR) is 89.2 cm³/mol. The molecule has 0 fully saturated rings. The summed E-state index contributed by atoms with van der Waals surface area (Å²) in [7, 11) is 0. The number of nitrogens with two attached hydrogens (primary N) is 1. The number of fused-ring (bicyclic) bond motifs is 1. The van der Waals surface area contributed by atoms with Crippen LogP contribution in [0.3, 0.4) is 0 Å². The predicted octanol–water partition coefficient (Wildman–Crippen LogP) is 3.64. The molecule has 108 valence electrons. The molecule has 3 rings (SSSR count). The Morgan fingerprint density at radius 1 is 1.24 bits per heavy atom. The monoisotopic (exact) mass is 298 g/mol. The summed E-state index contributed by atoms with van der Waals surface area (Å²) in [5.41, 5.74) is 10.5. The Hall–Kier alpha value is -1.94. The Bertz CT molecular complexity index is 712. The van der Waals surface area contributed by atoms with Gasteiger partial charge in [0.05, 0.1) is 5.69 Å². The van der Waals surface area contributed by atoms with Crippen LogP contribution in [0.15, 0.2) is 41.3 Å². The number of nitrogen functional groups attached to an aromatic ring is 1. The highest BCUT2D eigenvalue weighted by Crippen LogP contribution is 2.37. The first-order valence-corrected chi connectivity index (χ1v) is 7.97. The molecule has 2 aromatic carbocycles. The van der Waals surface area contributed by atoms with Crippen molar-refractivity contribution in [3.05, 3.63) is 53.1 Å². The summed E-state index contributed by atoms with van der Waals surface area (Å²) in [6.45, 7) is 4.75. The highest BCUT2D eigenvalue weighted by Gasteiger charge is 2.25. The Balaban J connectivity index is 2.04. The summed E-state index contributed by atoms with van der Waals surface area (Å²) in [5, 5.41) is 0. The second-order valence-electron chi connectivity index (χ2n) is 5.28. The standard InChI is InChI=1S/C17H18N2OS/c1-11-4-3-5-14(12(11)2)17(20)19-8-9-21-16-7-6-13(18)10-15(16)19/h3-7,10H,8-9,18H2,1-2H3. The molecule has 1 aliphatic rings. The summed E-state index contributed by atoms with van der Waals surface area (Å²) < 4.78 is 0. The van der Waals surface area contributed by atoms with Crippen molar-refractivity contribution in [2.45, 2.75) is 18.7 Å². The van der Waals surface area contributed by atoms with Crippen LogP contribution >= 0.6 is 11.8 Å². The fourth-order valence-electron chi connectivity index (χ4n) is 2.57. The molecule has 0 bridgehead atoms. The SMILES string of the molecule is Cc1cccc(C(=O)N2CCSc3ccc(N)cc32)c1C. The maximum absolute atomic E-state index is 12.9. The number of benzene rings is 2. The van der Waals surface area contributed by atoms with E-state index in [0.717, 1.165) is 33.0 Å². The van der Waals surface area contributed by atoms with Crippen LogP contribution in [-0.4, -0.2) is 18.2 Å². The number of anilines is 2.